The lowest BCUT2D eigenvalue weighted by Gasteiger charge is -2.26. The van der Waals surface area contributed by atoms with E-state index < -0.39 is 29.3 Å². The van der Waals surface area contributed by atoms with E-state index in [0.717, 1.165) is 10.7 Å². The summed E-state index contributed by atoms with van der Waals surface area (Å²) in [5.41, 5.74) is -0.364. The van der Waals surface area contributed by atoms with Crippen LogP contribution in [0.1, 0.15) is 36.3 Å². The van der Waals surface area contributed by atoms with Crippen LogP contribution in [-0.4, -0.2) is 45.1 Å². The second-order valence-corrected chi connectivity index (χ2v) is 8.25. The predicted molar refractivity (Wildman–Crippen MR) is 105 cm³/mol. The monoisotopic (exact) mass is 467 g/mol. The Kier molecular flexibility index (Phi) is 5.17. The Bertz CT molecular complexity index is 1170. The zero-order chi connectivity index (χ0) is 22.5. The van der Waals surface area contributed by atoms with Gasteiger partial charge in [-0.3, -0.25) is 9.48 Å². The highest BCUT2D eigenvalue weighted by Crippen LogP contribution is 2.54. The van der Waals surface area contributed by atoms with Gasteiger partial charge in [0.25, 0.3) is 12.3 Å². The number of aromatic nitrogens is 4. The molecule has 1 aromatic carbocycles. The summed E-state index contributed by atoms with van der Waals surface area (Å²) in [7, 11) is 0. The van der Waals surface area contributed by atoms with E-state index in [0.29, 0.717) is 37.4 Å². The SMILES string of the molecule is O=C(Cn1nc(-c2nc(C3(c4ccc(F)cc4Cl)CC3)no2)cc1C(F)F)NC1COC1. The molecule has 2 aromatic heterocycles. The number of halogens is 4. The zero-order valence-corrected chi connectivity index (χ0v) is 17.3. The molecule has 168 valence electrons. The van der Waals surface area contributed by atoms with Crippen molar-refractivity contribution in [1.29, 1.82) is 0 Å². The first-order valence-corrected chi connectivity index (χ1v) is 10.3. The number of nitrogens with zero attached hydrogens (tertiary/aromatic N) is 4. The molecule has 3 heterocycles. The first kappa shape index (κ1) is 21.0. The summed E-state index contributed by atoms with van der Waals surface area (Å²) in [6.45, 7) is 0.400. The number of alkyl halides is 2. The van der Waals surface area contributed by atoms with Gasteiger partial charge in [-0.2, -0.15) is 10.1 Å². The van der Waals surface area contributed by atoms with Crippen LogP contribution < -0.4 is 5.32 Å². The van der Waals surface area contributed by atoms with Crippen LogP contribution in [0.4, 0.5) is 13.2 Å². The maximum atomic E-state index is 13.5. The van der Waals surface area contributed by atoms with Crippen molar-refractivity contribution in [3.63, 3.8) is 0 Å². The highest BCUT2D eigenvalue weighted by molar-refractivity contribution is 6.31. The van der Waals surface area contributed by atoms with Crippen LogP contribution in [0.15, 0.2) is 28.8 Å². The van der Waals surface area contributed by atoms with E-state index in [1.165, 1.54) is 12.1 Å². The molecule has 0 radical (unpaired) electrons. The van der Waals surface area contributed by atoms with Crippen molar-refractivity contribution in [3.8, 4) is 11.6 Å². The number of benzene rings is 1. The summed E-state index contributed by atoms with van der Waals surface area (Å²) in [5.74, 6) is -0.652. The average Bonchev–Trinajstić information content (AvgIpc) is 3.16. The van der Waals surface area contributed by atoms with E-state index in [1.54, 1.807) is 6.07 Å². The van der Waals surface area contributed by atoms with Gasteiger partial charge in [0.1, 0.15) is 18.1 Å². The van der Waals surface area contributed by atoms with Crippen molar-refractivity contribution >= 4 is 17.5 Å². The van der Waals surface area contributed by atoms with Gasteiger partial charge in [0, 0.05) is 5.02 Å². The summed E-state index contributed by atoms with van der Waals surface area (Å²) >= 11 is 6.21. The fraction of sp³-hybridized carbons (Fsp3) is 0.400. The lowest BCUT2D eigenvalue weighted by atomic mass is 9.95. The molecule has 1 aliphatic heterocycles. The van der Waals surface area contributed by atoms with Gasteiger partial charge in [-0.05, 0) is 36.6 Å². The van der Waals surface area contributed by atoms with Crippen LogP contribution in [0, 0.1) is 5.82 Å². The molecule has 8 nitrogen and oxygen atoms in total. The Labute approximate surface area is 184 Å². The number of ether oxygens (including phenoxy) is 1. The maximum absolute atomic E-state index is 13.5. The number of hydrogen-bond donors (Lipinski definition) is 1. The molecule has 5 rings (SSSR count). The molecule has 1 N–H and O–H groups in total. The molecule has 0 bridgehead atoms. The second kappa shape index (κ2) is 7.89. The summed E-state index contributed by atoms with van der Waals surface area (Å²) in [4.78, 5) is 16.5. The molecule has 3 aromatic rings. The Hall–Kier alpha value is -2.92. The first-order chi connectivity index (χ1) is 15.4. The summed E-state index contributed by atoms with van der Waals surface area (Å²) < 4.78 is 51.7. The van der Waals surface area contributed by atoms with Crippen LogP contribution in [0.3, 0.4) is 0 Å². The number of hydrogen-bond acceptors (Lipinski definition) is 6. The minimum absolute atomic E-state index is 0.0276. The quantitative estimate of drug-likeness (QED) is 0.573. The molecule has 12 heteroatoms. The zero-order valence-electron chi connectivity index (χ0n) is 16.5. The van der Waals surface area contributed by atoms with E-state index in [9.17, 15) is 18.0 Å². The highest BCUT2D eigenvalue weighted by Gasteiger charge is 2.51. The fourth-order valence-electron chi connectivity index (χ4n) is 3.70. The lowest BCUT2D eigenvalue weighted by Crippen LogP contribution is -2.49. The van der Waals surface area contributed by atoms with E-state index in [-0.39, 0.29) is 29.2 Å². The van der Waals surface area contributed by atoms with Gasteiger partial charge in [-0.15, -0.1) is 0 Å². The standard InChI is InChI=1S/C20H17ClF3N5O3/c21-13-5-10(22)1-2-12(13)20(3-4-20)19-26-18(32-28-19)14-6-15(17(23)24)29(27-14)7-16(30)25-11-8-31-9-11/h1-2,5-6,11,17H,3-4,7-9H2,(H,25,30). The summed E-state index contributed by atoms with van der Waals surface area (Å²) in [6, 6.07) is 5.09. The van der Waals surface area contributed by atoms with Gasteiger partial charge in [0.05, 0.1) is 24.7 Å². The minimum atomic E-state index is -2.86. The average molecular weight is 468 g/mol. The van der Waals surface area contributed by atoms with Gasteiger partial charge in [0.15, 0.2) is 11.5 Å². The van der Waals surface area contributed by atoms with Crippen LogP contribution in [0.2, 0.25) is 5.02 Å². The van der Waals surface area contributed by atoms with Crippen LogP contribution >= 0.6 is 11.6 Å². The smallest absolute Gasteiger partial charge is 0.280 e. The third-order valence-corrected chi connectivity index (χ3v) is 5.91. The number of carbonyl (C=O) groups is 1. The lowest BCUT2D eigenvalue weighted by molar-refractivity contribution is -0.126. The molecule has 1 saturated carbocycles. The number of amides is 1. The van der Waals surface area contributed by atoms with E-state index >= 15 is 0 Å². The van der Waals surface area contributed by atoms with Gasteiger partial charge >= 0.3 is 0 Å². The molecule has 2 fully saturated rings. The van der Waals surface area contributed by atoms with E-state index in [1.807, 2.05) is 0 Å². The second-order valence-electron chi connectivity index (χ2n) is 7.84. The number of nitrogens with one attached hydrogen (secondary N) is 1. The third kappa shape index (κ3) is 3.75. The molecule has 1 aliphatic carbocycles. The predicted octanol–water partition coefficient (Wildman–Crippen LogP) is 3.26. The van der Waals surface area contributed by atoms with Gasteiger partial charge < -0.3 is 14.6 Å². The molecule has 32 heavy (non-hydrogen) atoms. The van der Waals surface area contributed by atoms with Crippen molar-refractivity contribution in [2.75, 3.05) is 13.2 Å². The normalized spacial score (nSPS) is 17.4. The van der Waals surface area contributed by atoms with Crippen LogP contribution in [0.25, 0.3) is 11.6 Å². The Morgan fingerprint density at radius 1 is 1.31 bits per heavy atom. The largest absolute Gasteiger partial charge is 0.377 e. The highest BCUT2D eigenvalue weighted by atomic mass is 35.5. The molecule has 0 atom stereocenters. The molecule has 0 unspecified atom stereocenters. The van der Waals surface area contributed by atoms with Crippen molar-refractivity contribution in [2.45, 2.75) is 37.3 Å². The van der Waals surface area contributed by atoms with Gasteiger partial charge in [0.2, 0.25) is 5.91 Å². The van der Waals surface area contributed by atoms with Crippen LogP contribution in [-0.2, 0) is 21.5 Å². The molecular weight excluding hydrogens is 451 g/mol. The first-order valence-electron chi connectivity index (χ1n) is 9.89. The summed E-state index contributed by atoms with van der Waals surface area (Å²) in [5, 5.41) is 11.0. The van der Waals surface area contributed by atoms with Crippen molar-refractivity contribution in [3.05, 3.63) is 52.2 Å². The minimum Gasteiger partial charge on any atom is -0.377 e. The van der Waals surface area contributed by atoms with Gasteiger partial charge in [-0.1, -0.05) is 22.8 Å². The Morgan fingerprint density at radius 3 is 2.72 bits per heavy atom. The molecule has 0 spiro atoms. The topological polar surface area (TPSA) is 95.1 Å². The molecule has 1 saturated heterocycles. The molecule has 2 aliphatic rings. The van der Waals surface area contributed by atoms with E-state index in [2.05, 4.69) is 20.6 Å². The maximum Gasteiger partial charge on any atom is 0.280 e. The van der Waals surface area contributed by atoms with Crippen molar-refractivity contribution < 1.29 is 27.2 Å². The van der Waals surface area contributed by atoms with Gasteiger partial charge in [-0.25, -0.2) is 13.2 Å². The third-order valence-electron chi connectivity index (χ3n) is 5.60. The Balaban J connectivity index is 1.40. The summed E-state index contributed by atoms with van der Waals surface area (Å²) in [6.07, 6.45) is -1.50. The van der Waals surface area contributed by atoms with Crippen molar-refractivity contribution in [1.82, 2.24) is 25.2 Å². The van der Waals surface area contributed by atoms with Crippen molar-refractivity contribution in [2.24, 2.45) is 0 Å². The van der Waals surface area contributed by atoms with E-state index in [4.69, 9.17) is 20.9 Å². The molecule has 1 amide bonds. The Morgan fingerprint density at radius 2 is 2.09 bits per heavy atom. The van der Waals surface area contributed by atoms with Crippen LogP contribution in [0.5, 0.6) is 0 Å². The fourth-order valence-corrected chi connectivity index (χ4v) is 4.05. The number of carbonyl (C=O) groups excluding carboxylic acids is 1. The molecular formula is C20H17ClF3N5O3. The number of rotatable bonds is 7.